The highest BCUT2D eigenvalue weighted by atomic mass is 15.3. The smallest absolute Gasteiger partial charge is 0.191 e. The highest BCUT2D eigenvalue weighted by Crippen LogP contribution is 2.23. The van der Waals surface area contributed by atoms with E-state index in [-0.39, 0.29) is 5.41 Å². The molecule has 0 atom stereocenters. The van der Waals surface area contributed by atoms with Gasteiger partial charge in [0.1, 0.15) is 0 Å². The van der Waals surface area contributed by atoms with Gasteiger partial charge in [-0.2, -0.15) is 5.10 Å². The minimum atomic E-state index is 0.00507. The summed E-state index contributed by atoms with van der Waals surface area (Å²) in [5, 5.41) is 11.0. The highest BCUT2D eigenvalue weighted by molar-refractivity contribution is 5.79. The van der Waals surface area contributed by atoms with Crippen LogP contribution in [-0.4, -0.2) is 35.4 Å². The maximum atomic E-state index is 4.79. The van der Waals surface area contributed by atoms with E-state index in [0.717, 1.165) is 38.6 Å². The van der Waals surface area contributed by atoms with Crippen LogP contribution in [0.3, 0.4) is 0 Å². The van der Waals surface area contributed by atoms with Crippen molar-refractivity contribution in [2.75, 3.05) is 19.6 Å². The van der Waals surface area contributed by atoms with Gasteiger partial charge in [-0.1, -0.05) is 43.7 Å². The lowest BCUT2D eigenvalue weighted by Crippen LogP contribution is -2.39. The average Bonchev–Trinajstić information content (AvgIpc) is 3.10. The molecule has 0 bridgehead atoms. The number of nitrogens with zero attached hydrogens (tertiary/aromatic N) is 3. The van der Waals surface area contributed by atoms with Gasteiger partial charge in [-0.15, -0.1) is 0 Å². The first-order valence-corrected chi connectivity index (χ1v) is 9.08. The van der Waals surface area contributed by atoms with Gasteiger partial charge >= 0.3 is 0 Å². The van der Waals surface area contributed by atoms with Crippen LogP contribution in [0.5, 0.6) is 0 Å². The van der Waals surface area contributed by atoms with E-state index in [2.05, 4.69) is 67.7 Å². The van der Waals surface area contributed by atoms with Crippen molar-refractivity contribution in [3.63, 3.8) is 0 Å². The fourth-order valence-corrected chi connectivity index (χ4v) is 2.60. The lowest BCUT2D eigenvalue weighted by atomic mass is 9.84. The standard InChI is InChI=1S/C20H31N5/c1-5-21-19(22-12-6-14-25-15-7-13-24-25)23-16-20(3,4)18-10-8-17(2)9-11-18/h7-11,13,15H,5-6,12,14,16H2,1-4H3,(H2,21,22,23). The molecular formula is C20H31N5. The number of benzene rings is 1. The van der Waals surface area contributed by atoms with E-state index in [1.807, 2.05) is 23.1 Å². The van der Waals surface area contributed by atoms with Crippen LogP contribution < -0.4 is 10.6 Å². The van der Waals surface area contributed by atoms with Gasteiger partial charge in [-0.05, 0) is 31.9 Å². The largest absolute Gasteiger partial charge is 0.357 e. The molecule has 0 saturated carbocycles. The Hall–Kier alpha value is -2.30. The van der Waals surface area contributed by atoms with Gasteiger partial charge in [0, 0.05) is 37.4 Å². The summed E-state index contributed by atoms with van der Waals surface area (Å²) in [5.41, 5.74) is 2.61. The quantitative estimate of drug-likeness (QED) is 0.441. The third kappa shape index (κ3) is 6.25. The molecule has 0 aliphatic carbocycles. The normalized spacial score (nSPS) is 12.2. The minimum Gasteiger partial charge on any atom is -0.357 e. The summed E-state index contributed by atoms with van der Waals surface area (Å²) in [6.45, 7) is 12.1. The van der Waals surface area contributed by atoms with Crippen molar-refractivity contribution in [2.45, 2.75) is 46.1 Å². The summed E-state index contributed by atoms with van der Waals surface area (Å²) in [7, 11) is 0. The average molecular weight is 342 g/mol. The summed E-state index contributed by atoms with van der Waals surface area (Å²) in [6, 6.07) is 10.7. The number of nitrogens with one attached hydrogen (secondary N) is 2. The molecule has 5 heteroatoms. The van der Waals surface area contributed by atoms with Crippen LogP contribution in [0.4, 0.5) is 0 Å². The first-order valence-electron chi connectivity index (χ1n) is 9.08. The third-order valence-electron chi connectivity index (χ3n) is 4.23. The summed E-state index contributed by atoms with van der Waals surface area (Å²) in [5.74, 6) is 0.878. The Morgan fingerprint density at radius 3 is 2.60 bits per heavy atom. The van der Waals surface area contributed by atoms with E-state index in [1.165, 1.54) is 11.1 Å². The van der Waals surface area contributed by atoms with Crippen LogP contribution in [-0.2, 0) is 12.0 Å². The van der Waals surface area contributed by atoms with Crippen molar-refractivity contribution in [3.05, 3.63) is 53.9 Å². The molecule has 0 saturated heterocycles. The summed E-state index contributed by atoms with van der Waals surface area (Å²) in [4.78, 5) is 4.79. The Kier molecular flexibility index (Phi) is 7.04. The lowest BCUT2D eigenvalue weighted by molar-refractivity contribution is 0.535. The number of aryl methyl sites for hydroxylation is 2. The van der Waals surface area contributed by atoms with E-state index in [9.17, 15) is 0 Å². The molecule has 0 aliphatic heterocycles. The van der Waals surface area contributed by atoms with Gasteiger partial charge in [0.15, 0.2) is 5.96 Å². The van der Waals surface area contributed by atoms with E-state index in [4.69, 9.17) is 4.99 Å². The predicted octanol–water partition coefficient (Wildman–Crippen LogP) is 3.11. The summed E-state index contributed by atoms with van der Waals surface area (Å²) >= 11 is 0. The van der Waals surface area contributed by atoms with Crippen LogP contribution in [0, 0.1) is 6.92 Å². The van der Waals surface area contributed by atoms with Crippen molar-refractivity contribution < 1.29 is 0 Å². The molecule has 2 N–H and O–H groups in total. The van der Waals surface area contributed by atoms with Crippen molar-refractivity contribution in [3.8, 4) is 0 Å². The fraction of sp³-hybridized carbons (Fsp3) is 0.500. The van der Waals surface area contributed by atoms with Crippen molar-refractivity contribution in [2.24, 2.45) is 4.99 Å². The summed E-state index contributed by atoms with van der Waals surface area (Å²) < 4.78 is 1.95. The number of aliphatic imine (C=N–C) groups is 1. The van der Waals surface area contributed by atoms with Gasteiger partial charge in [0.25, 0.3) is 0 Å². The molecule has 136 valence electrons. The van der Waals surface area contributed by atoms with Crippen LogP contribution in [0.25, 0.3) is 0 Å². The highest BCUT2D eigenvalue weighted by Gasteiger charge is 2.20. The zero-order chi connectivity index (χ0) is 18.1. The molecule has 0 spiro atoms. The van der Waals surface area contributed by atoms with E-state index >= 15 is 0 Å². The minimum absolute atomic E-state index is 0.00507. The van der Waals surface area contributed by atoms with Crippen LogP contribution in [0.15, 0.2) is 47.7 Å². The van der Waals surface area contributed by atoms with E-state index in [0.29, 0.717) is 0 Å². The molecule has 0 radical (unpaired) electrons. The topological polar surface area (TPSA) is 54.2 Å². The maximum Gasteiger partial charge on any atom is 0.191 e. The van der Waals surface area contributed by atoms with E-state index < -0.39 is 0 Å². The molecule has 0 amide bonds. The number of rotatable bonds is 8. The zero-order valence-electron chi connectivity index (χ0n) is 15.9. The molecule has 0 fully saturated rings. The first-order chi connectivity index (χ1) is 12.0. The van der Waals surface area contributed by atoms with Gasteiger partial charge in [-0.3, -0.25) is 9.67 Å². The van der Waals surface area contributed by atoms with Crippen molar-refractivity contribution in [1.29, 1.82) is 0 Å². The Labute approximate surface area is 151 Å². The van der Waals surface area contributed by atoms with Gasteiger partial charge in [0.05, 0.1) is 6.54 Å². The first kappa shape index (κ1) is 19.0. The molecule has 0 aliphatic rings. The molecular weight excluding hydrogens is 310 g/mol. The molecule has 25 heavy (non-hydrogen) atoms. The molecule has 1 heterocycles. The number of hydrogen-bond donors (Lipinski definition) is 2. The van der Waals surface area contributed by atoms with Crippen molar-refractivity contribution >= 4 is 5.96 Å². The second-order valence-electron chi connectivity index (χ2n) is 6.99. The van der Waals surface area contributed by atoms with Crippen LogP contribution in [0.1, 0.15) is 38.3 Å². The second-order valence-corrected chi connectivity index (χ2v) is 6.99. The molecule has 2 aromatic rings. The number of guanidine groups is 1. The predicted molar refractivity (Wildman–Crippen MR) is 105 cm³/mol. The monoisotopic (exact) mass is 341 g/mol. The molecule has 0 unspecified atom stereocenters. The Balaban J connectivity index is 1.87. The van der Waals surface area contributed by atoms with Crippen LogP contribution >= 0.6 is 0 Å². The Morgan fingerprint density at radius 1 is 1.20 bits per heavy atom. The molecule has 2 rings (SSSR count). The van der Waals surface area contributed by atoms with E-state index in [1.54, 1.807) is 0 Å². The lowest BCUT2D eigenvalue weighted by Gasteiger charge is -2.24. The third-order valence-corrected chi connectivity index (χ3v) is 4.23. The maximum absolute atomic E-state index is 4.79. The Morgan fingerprint density at radius 2 is 1.96 bits per heavy atom. The molecule has 1 aromatic carbocycles. The number of aromatic nitrogens is 2. The summed E-state index contributed by atoms with van der Waals surface area (Å²) in [6.07, 6.45) is 4.81. The van der Waals surface area contributed by atoms with Gasteiger partial charge in [-0.25, -0.2) is 0 Å². The second kappa shape index (κ2) is 9.25. The zero-order valence-corrected chi connectivity index (χ0v) is 15.9. The Bertz CT molecular complexity index is 641. The number of hydrogen-bond acceptors (Lipinski definition) is 2. The van der Waals surface area contributed by atoms with Crippen LogP contribution in [0.2, 0.25) is 0 Å². The molecule has 1 aromatic heterocycles. The van der Waals surface area contributed by atoms with Gasteiger partial charge < -0.3 is 10.6 Å². The molecule has 5 nitrogen and oxygen atoms in total. The van der Waals surface area contributed by atoms with Crippen molar-refractivity contribution in [1.82, 2.24) is 20.4 Å². The van der Waals surface area contributed by atoms with Gasteiger partial charge in [0.2, 0.25) is 0 Å². The fourth-order valence-electron chi connectivity index (χ4n) is 2.60. The SMILES string of the molecule is CCNC(=NCC(C)(C)c1ccc(C)cc1)NCCCn1cccn1.